The SMILES string of the molecule is CN=C(NCCc1ccccc1Cl)NCc1cccc(OCC(N)=O)c1. The number of guanidine groups is 1. The van der Waals surface area contributed by atoms with Crippen molar-refractivity contribution in [3.63, 3.8) is 0 Å². The van der Waals surface area contributed by atoms with E-state index in [1.54, 1.807) is 13.1 Å². The van der Waals surface area contributed by atoms with Crippen molar-refractivity contribution in [2.45, 2.75) is 13.0 Å². The number of primary amides is 1. The van der Waals surface area contributed by atoms with Gasteiger partial charge in [-0.1, -0.05) is 41.9 Å². The molecule has 0 saturated heterocycles. The molecule has 0 saturated carbocycles. The van der Waals surface area contributed by atoms with Crippen molar-refractivity contribution >= 4 is 23.5 Å². The van der Waals surface area contributed by atoms with Crippen LogP contribution in [0.2, 0.25) is 5.02 Å². The quantitative estimate of drug-likeness (QED) is 0.487. The highest BCUT2D eigenvalue weighted by Crippen LogP contribution is 2.15. The Hall–Kier alpha value is -2.73. The van der Waals surface area contributed by atoms with E-state index in [1.165, 1.54) is 0 Å². The van der Waals surface area contributed by atoms with Gasteiger partial charge < -0.3 is 21.1 Å². The summed E-state index contributed by atoms with van der Waals surface area (Å²) in [5.41, 5.74) is 7.18. The Labute approximate surface area is 158 Å². The second kappa shape index (κ2) is 10.3. The monoisotopic (exact) mass is 374 g/mol. The van der Waals surface area contributed by atoms with E-state index in [2.05, 4.69) is 15.6 Å². The molecule has 0 bridgehead atoms. The van der Waals surface area contributed by atoms with Crippen molar-refractivity contribution in [3.05, 3.63) is 64.7 Å². The van der Waals surface area contributed by atoms with Crippen LogP contribution in [0.1, 0.15) is 11.1 Å². The number of rotatable bonds is 8. The molecular weight excluding hydrogens is 352 g/mol. The van der Waals surface area contributed by atoms with Crippen LogP contribution < -0.4 is 21.1 Å². The lowest BCUT2D eigenvalue weighted by molar-refractivity contribution is -0.119. The van der Waals surface area contributed by atoms with Crippen molar-refractivity contribution in [3.8, 4) is 5.75 Å². The molecule has 0 radical (unpaired) electrons. The summed E-state index contributed by atoms with van der Waals surface area (Å²) >= 11 is 6.16. The first kappa shape index (κ1) is 19.6. The maximum absolute atomic E-state index is 10.8. The molecule has 2 aromatic rings. The fourth-order valence-corrected chi connectivity index (χ4v) is 2.55. The van der Waals surface area contributed by atoms with Crippen molar-refractivity contribution < 1.29 is 9.53 Å². The van der Waals surface area contributed by atoms with Crippen molar-refractivity contribution in [1.29, 1.82) is 0 Å². The first-order valence-electron chi connectivity index (χ1n) is 8.26. The minimum atomic E-state index is -0.503. The van der Waals surface area contributed by atoms with Gasteiger partial charge >= 0.3 is 0 Å². The zero-order valence-corrected chi connectivity index (χ0v) is 15.4. The number of nitrogens with two attached hydrogens (primary N) is 1. The largest absolute Gasteiger partial charge is 0.484 e. The second-order valence-electron chi connectivity index (χ2n) is 5.60. The molecule has 0 fully saturated rings. The predicted octanol–water partition coefficient (Wildman–Crippen LogP) is 2.11. The summed E-state index contributed by atoms with van der Waals surface area (Å²) in [6, 6.07) is 15.2. The molecule has 7 heteroatoms. The van der Waals surface area contributed by atoms with Crippen LogP contribution in [0.5, 0.6) is 5.75 Å². The smallest absolute Gasteiger partial charge is 0.255 e. The zero-order valence-electron chi connectivity index (χ0n) is 14.7. The van der Waals surface area contributed by atoms with Crippen LogP contribution in [-0.2, 0) is 17.8 Å². The van der Waals surface area contributed by atoms with E-state index in [-0.39, 0.29) is 6.61 Å². The van der Waals surface area contributed by atoms with Gasteiger partial charge in [0.1, 0.15) is 5.75 Å². The molecule has 0 aliphatic carbocycles. The molecule has 2 aromatic carbocycles. The third kappa shape index (κ3) is 6.64. The average molecular weight is 375 g/mol. The van der Waals surface area contributed by atoms with E-state index in [0.29, 0.717) is 24.8 Å². The number of hydrogen-bond donors (Lipinski definition) is 3. The minimum absolute atomic E-state index is 0.137. The van der Waals surface area contributed by atoms with Gasteiger partial charge in [-0.2, -0.15) is 0 Å². The molecule has 4 N–H and O–H groups in total. The van der Waals surface area contributed by atoms with Crippen LogP contribution in [0.3, 0.4) is 0 Å². The number of carbonyl (C=O) groups excluding carboxylic acids is 1. The summed E-state index contributed by atoms with van der Waals surface area (Å²) in [5.74, 6) is 0.793. The average Bonchev–Trinajstić information content (AvgIpc) is 2.64. The molecule has 0 spiro atoms. The van der Waals surface area contributed by atoms with Crippen molar-refractivity contribution in [2.75, 3.05) is 20.2 Å². The summed E-state index contributed by atoms with van der Waals surface area (Å²) in [5, 5.41) is 7.26. The van der Waals surface area contributed by atoms with Crippen molar-refractivity contribution in [1.82, 2.24) is 10.6 Å². The highest BCUT2D eigenvalue weighted by Gasteiger charge is 2.03. The number of nitrogens with zero attached hydrogens (tertiary/aromatic N) is 1. The van der Waals surface area contributed by atoms with Gasteiger partial charge in [0.15, 0.2) is 12.6 Å². The normalized spacial score (nSPS) is 11.1. The zero-order chi connectivity index (χ0) is 18.8. The number of hydrogen-bond acceptors (Lipinski definition) is 3. The van der Waals surface area contributed by atoms with Crippen LogP contribution in [0, 0.1) is 0 Å². The summed E-state index contributed by atoms with van der Waals surface area (Å²) in [4.78, 5) is 15.0. The molecule has 0 heterocycles. The van der Waals surface area contributed by atoms with Crippen LogP contribution >= 0.6 is 11.6 Å². The van der Waals surface area contributed by atoms with E-state index < -0.39 is 5.91 Å². The molecule has 6 nitrogen and oxygen atoms in total. The van der Waals surface area contributed by atoms with E-state index in [0.717, 1.165) is 22.6 Å². The summed E-state index contributed by atoms with van der Waals surface area (Å²) in [7, 11) is 1.72. The Morgan fingerprint density at radius 2 is 2.00 bits per heavy atom. The van der Waals surface area contributed by atoms with Gasteiger partial charge in [0.25, 0.3) is 5.91 Å². The van der Waals surface area contributed by atoms with Gasteiger partial charge in [0.2, 0.25) is 0 Å². The van der Waals surface area contributed by atoms with E-state index in [9.17, 15) is 4.79 Å². The van der Waals surface area contributed by atoms with E-state index in [4.69, 9.17) is 22.1 Å². The van der Waals surface area contributed by atoms with E-state index >= 15 is 0 Å². The van der Waals surface area contributed by atoms with Crippen LogP contribution in [0.15, 0.2) is 53.5 Å². The van der Waals surface area contributed by atoms with Crippen LogP contribution in [-0.4, -0.2) is 32.1 Å². The molecule has 0 aromatic heterocycles. The van der Waals surface area contributed by atoms with Gasteiger partial charge in [-0.05, 0) is 35.7 Å². The van der Waals surface area contributed by atoms with Crippen LogP contribution in [0.25, 0.3) is 0 Å². The number of halogens is 1. The number of ether oxygens (including phenoxy) is 1. The van der Waals surface area contributed by atoms with Gasteiger partial charge in [0, 0.05) is 25.2 Å². The van der Waals surface area contributed by atoms with Crippen molar-refractivity contribution in [2.24, 2.45) is 10.7 Å². The molecule has 26 heavy (non-hydrogen) atoms. The maximum atomic E-state index is 10.8. The minimum Gasteiger partial charge on any atom is -0.484 e. The van der Waals surface area contributed by atoms with Gasteiger partial charge in [0.05, 0.1) is 0 Å². The van der Waals surface area contributed by atoms with Gasteiger partial charge in [-0.3, -0.25) is 9.79 Å². The lowest BCUT2D eigenvalue weighted by Crippen LogP contribution is -2.37. The Balaban J connectivity index is 1.80. The second-order valence-corrected chi connectivity index (χ2v) is 6.00. The Kier molecular flexibility index (Phi) is 7.76. The molecule has 2 rings (SSSR count). The lowest BCUT2D eigenvalue weighted by atomic mass is 10.1. The molecule has 0 atom stereocenters. The fraction of sp³-hybridized carbons (Fsp3) is 0.263. The fourth-order valence-electron chi connectivity index (χ4n) is 2.32. The van der Waals surface area contributed by atoms with Crippen LogP contribution in [0.4, 0.5) is 0 Å². The van der Waals surface area contributed by atoms with Gasteiger partial charge in [-0.25, -0.2) is 0 Å². The number of amides is 1. The summed E-state index contributed by atoms with van der Waals surface area (Å²) in [6.07, 6.45) is 0.802. The number of aliphatic imine (C=N–C) groups is 1. The van der Waals surface area contributed by atoms with E-state index in [1.807, 2.05) is 42.5 Å². The summed E-state index contributed by atoms with van der Waals surface area (Å²) in [6.45, 7) is 1.15. The highest BCUT2D eigenvalue weighted by atomic mass is 35.5. The molecule has 0 unspecified atom stereocenters. The summed E-state index contributed by atoms with van der Waals surface area (Å²) < 4.78 is 5.31. The Bertz CT molecular complexity index is 765. The predicted molar refractivity (Wildman–Crippen MR) is 104 cm³/mol. The van der Waals surface area contributed by atoms with Gasteiger partial charge in [-0.15, -0.1) is 0 Å². The molecule has 138 valence electrons. The first-order valence-corrected chi connectivity index (χ1v) is 8.64. The maximum Gasteiger partial charge on any atom is 0.255 e. The third-order valence-electron chi connectivity index (χ3n) is 3.61. The first-order chi connectivity index (χ1) is 12.6. The molecule has 0 aliphatic heterocycles. The molecule has 1 amide bonds. The third-order valence-corrected chi connectivity index (χ3v) is 3.98. The Morgan fingerprint density at radius 3 is 2.73 bits per heavy atom. The topological polar surface area (TPSA) is 88.7 Å². The standard InChI is InChI=1S/C19H23ClN4O2/c1-22-19(23-10-9-15-6-2-3-8-17(15)20)24-12-14-5-4-7-16(11-14)26-13-18(21)25/h2-8,11H,9-10,12-13H2,1H3,(H2,21,25)(H2,22,23,24). The number of carbonyl (C=O) groups is 1. The Morgan fingerprint density at radius 1 is 1.19 bits per heavy atom. The number of nitrogens with one attached hydrogen (secondary N) is 2. The highest BCUT2D eigenvalue weighted by molar-refractivity contribution is 6.31. The number of benzene rings is 2. The molecular formula is C19H23ClN4O2. The lowest BCUT2D eigenvalue weighted by Gasteiger charge is -2.13. The molecule has 0 aliphatic rings.